The first-order valence-electron chi connectivity index (χ1n) is 6.79. The molecule has 1 N–H and O–H groups in total. The second kappa shape index (κ2) is 7.68. The lowest BCUT2D eigenvalue weighted by atomic mass is 10.0. The summed E-state index contributed by atoms with van der Waals surface area (Å²) >= 11 is 0. The zero-order chi connectivity index (χ0) is 14.2. The molecule has 0 aromatic heterocycles. The second-order valence-corrected chi connectivity index (χ2v) is 4.53. The molecule has 0 amide bonds. The molecular weight excluding hydrogens is 252 g/mol. The van der Waals surface area contributed by atoms with Crippen LogP contribution in [0.1, 0.15) is 5.56 Å². The van der Waals surface area contributed by atoms with Crippen LogP contribution in [0, 0.1) is 6.92 Å². The predicted octanol–water partition coefficient (Wildman–Crippen LogP) is 3.05. The van der Waals surface area contributed by atoms with E-state index in [0.717, 1.165) is 11.3 Å². The molecule has 0 saturated heterocycles. The molecule has 106 valence electrons. The Morgan fingerprint density at radius 2 is 1.80 bits per heavy atom. The van der Waals surface area contributed by atoms with Crippen LogP contribution in [0.2, 0.25) is 0 Å². The standard InChI is InChI=1S/C17H20O3/c1-14-5-2-3-8-17(14)15-6-4-7-16(13-15)20-12-11-19-10-9-18/h2-8,13,18H,9-12H2,1H3. The van der Waals surface area contributed by atoms with Gasteiger partial charge in [0.05, 0.1) is 19.8 Å². The fourth-order valence-electron chi connectivity index (χ4n) is 2.04. The van der Waals surface area contributed by atoms with Crippen LogP contribution in [0.3, 0.4) is 0 Å². The first-order chi connectivity index (χ1) is 9.81. The van der Waals surface area contributed by atoms with E-state index in [1.165, 1.54) is 11.1 Å². The maximum absolute atomic E-state index is 8.61. The summed E-state index contributed by atoms with van der Waals surface area (Å²) in [6.45, 7) is 3.47. The minimum atomic E-state index is 0.0444. The summed E-state index contributed by atoms with van der Waals surface area (Å²) in [5.74, 6) is 0.832. The Hall–Kier alpha value is -1.84. The molecule has 0 heterocycles. The molecule has 2 rings (SSSR count). The summed E-state index contributed by atoms with van der Waals surface area (Å²) in [6, 6.07) is 16.3. The van der Waals surface area contributed by atoms with Gasteiger partial charge in [0.1, 0.15) is 12.4 Å². The van der Waals surface area contributed by atoms with Crippen molar-refractivity contribution < 1.29 is 14.6 Å². The molecule has 0 aliphatic heterocycles. The lowest BCUT2D eigenvalue weighted by molar-refractivity contribution is 0.0705. The smallest absolute Gasteiger partial charge is 0.120 e. The van der Waals surface area contributed by atoms with Crippen molar-refractivity contribution in [3.05, 3.63) is 54.1 Å². The Kier molecular flexibility index (Phi) is 5.59. The molecule has 0 radical (unpaired) electrons. The lowest BCUT2D eigenvalue weighted by Gasteiger charge is -2.10. The normalized spacial score (nSPS) is 10.5. The van der Waals surface area contributed by atoms with Gasteiger partial charge in [0.15, 0.2) is 0 Å². The molecule has 3 nitrogen and oxygen atoms in total. The molecule has 2 aromatic carbocycles. The van der Waals surface area contributed by atoms with Gasteiger partial charge in [-0.05, 0) is 35.7 Å². The van der Waals surface area contributed by atoms with Crippen molar-refractivity contribution in [2.45, 2.75) is 6.92 Å². The third-order valence-corrected chi connectivity index (χ3v) is 3.02. The summed E-state index contributed by atoms with van der Waals surface area (Å²) in [5.41, 5.74) is 3.61. The molecule has 0 saturated carbocycles. The summed E-state index contributed by atoms with van der Waals surface area (Å²) in [7, 11) is 0. The molecule has 0 aliphatic rings. The minimum Gasteiger partial charge on any atom is -0.491 e. The van der Waals surface area contributed by atoms with Crippen molar-refractivity contribution in [1.29, 1.82) is 0 Å². The monoisotopic (exact) mass is 272 g/mol. The number of hydrogen-bond acceptors (Lipinski definition) is 3. The largest absolute Gasteiger partial charge is 0.491 e. The van der Waals surface area contributed by atoms with Crippen LogP contribution < -0.4 is 4.74 Å². The molecule has 2 aromatic rings. The zero-order valence-corrected chi connectivity index (χ0v) is 11.7. The van der Waals surface area contributed by atoms with Crippen molar-refractivity contribution in [2.75, 3.05) is 26.4 Å². The first-order valence-corrected chi connectivity index (χ1v) is 6.79. The van der Waals surface area contributed by atoms with Gasteiger partial charge in [0.2, 0.25) is 0 Å². The number of aliphatic hydroxyl groups excluding tert-OH is 1. The lowest BCUT2D eigenvalue weighted by Crippen LogP contribution is -2.09. The Morgan fingerprint density at radius 1 is 0.950 bits per heavy atom. The van der Waals surface area contributed by atoms with Crippen LogP contribution in [0.25, 0.3) is 11.1 Å². The highest BCUT2D eigenvalue weighted by Gasteiger charge is 2.02. The maximum atomic E-state index is 8.61. The van der Waals surface area contributed by atoms with Crippen LogP contribution in [0.5, 0.6) is 5.75 Å². The molecule has 20 heavy (non-hydrogen) atoms. The number of aryl methyl sites for hydroxylation is 1. The second-order valence-electron chi connectivity index (χ2n) is 4.53. The van der Waals surface area contributed by atoms with Gasteiger partial charge in [-0.15, -0.1) is 0 Å². The van der Waals surface area contributed by atoms with Crippen LogP contribution in [-0.4, -0.2) is 31.5 Å². The molecule has 0 fully saturated rings. The van der Waals surface area contributed by atoms with E-state index in [2.05, 4.69) is 25.1 Å². The third-order valence-electron chi connectivity index (χ3n) is 3.02. The molecule has 0 unspecified atom stereocenters. The highest BCUT2D eigenvalue weighted by Crippen LogP contribution is 2.26. The Labute approximate surface area is 119 Å². The van der Waals surface area contributed by atoms with Crippen LogP contribution >= 0.6 is 0 Å². The van der Waals surface area contributed by atoms with E-state index >= 15 is 0 Å². The average molecular weight is 272 g/mol. The van der Waals surface area contributed by atoms with E-state index in [-0.39, 0.29) is 6.61 Å². The number of ether oxygens (including phenoxy) is 2. The number of benzene rings is 2. The molecule has 0 spiro atoms. The van der Waals surface area contributed by atoms with Crippen molar-refractivity contribution >= 4 is 0 Å². The zero-order valence-electron chi connectivity index (χ0n) is 11.7. The minimum absolute atomic E-state index is 0.0444. The van der Waals surface area contributed by atoms with E-state index in [9.17, 15) is 0 Å². The van der Waals surface area contributed by atoms with E-state index < -0.39 is 0 Å². The Bertz CT molecular complexity index is 537. The summed E-state index contributed by atoms with van der Waals surface area (Å²) in [6.07, 6.45) is 0. The van der Waals surface area contributed by atoms with E-state index in [1.807, 2.05) is 30.3 Å². The number of rotatable bonds is 7. The van der Waals surface area contributed by atoms with Gasteiger partial charge in [0, 0.05) is 0 Å². The quantitative estimate of drug-likeness (QED) is 0.787. The van der Waals surface area contributed by atoms with Gasteiger partial charge >= 0.3 is 0 Å². The van der Waals surface area contributed by atoms with E-state index in [0.29, 0.717) is 19.8 Å². The van der Waals surface area contributed by atoms with Gasteiger partial charge in [-0.2, -0.15) is 0 Å². The van der Waals surface area contributed by atoms with Gasteiger partial charge in [-0.3, -0.25) is 0 Å². The molecule has 0 aliphatic carbocycles. The summed E-state index contributed by atoms with van der Waals surface area (Å²) in [5, 5.41) is 8.61. The summed E-state index contributed by atoms with van der Waals surface area (Å²) < 4.78 is 10.8. The van der Waals surface area contributed by atoms with Crippen molar-refractivity contribution in [1.82, 2.24) is 0 Å². The van der Waals surface area contributed by atoms with Gasteiger partial charge in [0.25, 0.3) is 0 Å². The van der Waals surface area contributed by atoms with Crippen molar-refractivity contribution in [2.24, 2.45) is 0 Å². The molecular formula is C17H20O3. The van der Waals surface area contributed by atoms with Gasteiger partial charge < -0.3 is 14.6 Å². The third kappa shape index (κ3) is 4.08. The first kappa shape index (κ1) is 14.6. The van der Waals surface area contributed by atoms with Crippen LogP contribution in [-0.2, 0) is 4.74 Å². The van der Waals surface area contributed by atoms with Crippen LogP contribution in [0.15, 0.2) is 48.5 Å². The van der Waals surface area contributed by atoms with E-state index in [1.54, 1.807) is 0 Å². The van der Waals surface area contributed by atoms with Crippen molar-refractivity contribution in [3.63, 3.8) is 0 Å². The number of hydrogen-bond donors (Lipinski definition) is 1. The van der Waals surface area contributed by atoms with Crippen molar-refractivity contribution in [3.8, 4) is 16.9 Å². The molecule has 0 atom stereocenters. The van der Waals surface area contributed by atoms with Gasteiger partial charge in [-0.1, -0.05) is 36.4 Å². The summed E-state index contributed by atoms with van der Waals surface area (Å²) in [4.78, 5) is 0. The van der Waals surface area contributed by atoms with Crippen LogP contribution in [0.4, 0.5) is 0 Å². The maximum Gasteiger partial charge on any atom is 0.120 e. The van der Waals surface area contributed by atoms with Gasteiger partial charge in [-0.25, -0.2) is 0 Å². The predicted molar refractivity (Wildman–Crippen MR) is 80.0 cm³/mol. The molecule has 3 heteroatoms. The highest BCUT2D eigenvalue weighted by atomic mass is 16.5. The fraction of sp³-hybridized carbons (Fsp3) is 0.294. The SMILES string of the molecule is Cc1ccccc1-c1cccc(OCCOCCO)c1. The highest BCUT2D eigenvalue weighted by molar-refractivity contribution is 5.68. The topological polar surface area (TPSA) is 38.7 Å². The molecule has 0 bridgehead atoms. The number of aliphatic hydroxyl groups is 1. The average Bonchev–Trinajstić information content (AvgIpc) is 2.48. The van der Waals surface area contributed by atoms with E-state index in [4.69, 9.17) is 14.6 Å². The Morgan fingerprint density at radius 3 is 2.60 bits per heavy atom. The Balaban J connectivity index is 2.00. The fourth-order valence-corrected chi connectivity index (χ4v) is 2.04.